The largest absolute Gasteiger partial charge is 0.457 e. The summed E-state index contributed by atoms with van der Waals surface area (Å²) in [6.07, 6.45) is 1.82. The minimum absolute atomic E-state index is 0.0315. The van der Waals surface area contributed by atoms with Gasteiger partial charge < -0.3 is 15.0 Å². The second kappa shape index (κ2) is 6.96. The minimum Gasteiger partial charge on any atom is -0.457 e. The Kier molecular flexibility index (Phi) is 4.33. The molecule has 2 heterocycles. The van der Waals surface area contributed by atoms with E-state index in [9.17, 15) is 18.4 Å². The van der Waals surface area contributed by atoms with Crippen molar-refractivity contribution in [2.45, 2.75) is 0 Å². The van der Waals surface area contributed by atoms with Crippen LogP contribution >= 0.6 is 0 Å². The third-order valence-corrected chi connectivity index (χ3v) is 3.93. The third-order valence-electron chi connectivity index (χ3n) is 3.93. The predicted molar refractivity (Wildman–Crippen MR) is 96.9 cm³/mol. The molecule has 8 heteroatoms. The summed E-state index contributed by atoms with van der Waals surface area (Å²) in [4.78, 5) is 7.22. The molecule has 0 atom stereocenters. The van der Waals surface area contributed by atoms with Crippen molar-refractivity contribution in [1.82, 2.24) is 9.97 Å². The van der Waals surface area contributed by atoms with E-state index in [2.05, 4.69) is 15.3 Å². The number of halogens is 3. The van der Waals surface area contributed by atoms with Gasteiger partial charge in [-0.25, -0.2) is 18.2 Å². The molecule has 0 radical (unpaired) electrons. The lowest BCUT2D eigenvalue weighted by molar-refractivity contribution is 0.423. The maximum atomic E-state index is 13.4. The first-order chi connectivity index (χ1) is 13.5. The number of fused-ring (bicyclic) bond motifs is 1. The molecular weight excluding hydrogens is 369 g/mol. The Labute approximate surface area is 157 Å². The van der Waals surface area contributed by atoms with E-state index in [1.807, 2.05) is 36.5 Å². The zero-order valence-corrected chi connectivity index (χ0v) is 14.1. The molecule has 138 valence electrons. The van der Waals surface area contributed by atoms with Crippen LogP contribution in [0, 0.1) is 28.8 Å². The highest BCUT2D eigenvalue weighted by Crippen LogP contribution is 2.28. The summed E-state index contributed by atoms with van der Waals surface area (Å²) in [5.41, 5.74) is 1.65. The maximum Gasteiger partial charge on any atom is 0.194 e. The lowest BCUT2D eigenvalue weighted by atomic mass is 10.2. The number of aromatic nitrogens is 2. The van der Waals surface area contributed by atoms with Crippen LogP contribution in [0.25, 0.3) is 10.9 Å². The van der Waals surface area contributed by atoms with Crippen molar-refractivity contribution in [2.75, 3.05) is 5.32 Å². The molecule has 0 aliphatic heterocycles. The summed E-state index contributed by atoms with van der Waals surface area (Å²) in [5, 5.41) is 13.3. The van der Waals surface area contributed by atoms with Crippen molar-refractivity contribution in [3.63, 3.8) is 0 Å². The Morgan fingerprint density at radius 2 is 1.71 bits per heavy atom. The van der Waals surface area contributed by atoms with Gasteiger partial charge in [0.2, 0.25) is 0 Å². The highest BCUT2D eigenvalue weighted by Gasteiger charge is 2.13. The average Bonchev–Trinajstić information content (AvgIpc) is 3.13. The number of rotatable bonds is 4. The first kappa shape index (κ1) is 17.4. The van der Waals surface area contributed by atoms with Crippen molar-refractivity contribution in [3.8, 4) is 17.6 Å². The fraction of sp³-hybridized carbons (Fsp3) is 0. The quantitative estimate of drug-likeness (QED) is 0.466. The van der Waals surface area contributed by atoms with Gasteiger partial charge in [-0.2, -0.15) is 5.26 Å². The van der Waals surface area contributed by atoms with Gasteiger partial charge in [-0.05, 0) is 23.6 Å². The van der Waals surface area contributed by atoms with E-state index in [0.717, 1.165) is 23.0 Å². The van der Waals surface area contributed by atoms with Crippen LogP contribution < -0.4 is 10.1 Å². The van der Waals surface area contributed by atoms with Crippen LogP contribution in [0.4, 0.5) is 24.7 Å². The number of hydrogen-bond donors (Lipinski definition) is 2. The molecule has 0 fully saturated rings. The van der Waals surface area contributed by atoms with Crippen LogP contribution in [0.3, 0.4) is 0 Å². The first-order valence-corrected chi connectivity index (χ1v) is 8.10. The first-order valence-electron chi connectivity index (χ1n) is 8.10. The SMILES string of the molecule is N#Cc1cc(Oc2cc(F)c(F)c(F)c2)cc(Nc2ccc3cc[nH]c3c2)n1. The molecule has 0 spiro atoms. The molecule has 0 amide bonds. The van der Waals surface area contributed by atoms with Gasteiger partial charge in [0.25, 0.3) is 0 Å². The highest BCUT2D eigenvalue weighted by atomic mass is 19.2. The molecule has 0 saturated carbocycles. The lowest BCUT2D eigenvalue weighted by Crippen LogP contribution is -1.98. The van der Waals surface area contributed by atoms with Crippen molar-refractivity contribution in [3.05, 3.63) is 77.9 Å². The van der Waals surface area contributed by atoms with E-state index >= 15 is 0 Å². The van der Waals surface area contributed by atoms with Gasteiger partial charge in [0.05, 0.1) is 0 Å². The van der Waals surface area contributed by atoms with Gasteiger partial charge in [0.1, 0.15) is 29.1 Å². The maximum absolute atomic E-state index is 13.4. The number of hydrogen-bond acceptors (Lipinski definition) is 4. The Morgan fingerprint density at radius 1 is 0.964 bits per heavy atom. The number of nitrogens with zero attached hydrogens (tertiary/aromatic N) is 2. The number of pyridine rings is 1. The topological polar surface area (TPSA) is 73.7 Å². The smallest absolute Gasteiger partial charge is 0.194 e. The van der Waals surface area contributed by atoms with Gasteiger partial charge in [0.15, 0.2) is 17.5 Å². The number of nitriles is 1. The van der Waals surface area contributed by atoms with Crippen LogP contribution in [-0.2, 0) is 0 Å². The summed E-state index contributed by atoms with van der Waals surface area (Å²) < 4.78 is 45.2. The van der Waals surface area contributed by atoms with Crippen LogP contribution in [-0.4, -0.2) is 9.97 Å². The zero-order chi connectivity index (χ0) is 19.7. The predicted octanol–water partition coefficient (Wildman–Crippen LogP) is 5.39. The van der Waals surface area contributed by atoms with Crippen molar-refractivity contribution >= 4 is 22.4 Å². The number of anilines is 2. The second-order valence-corrected chi connectivity index (χ2v) is 5.89. The van der Waals surface area contributed by atoms with E-state index < -0.39 is 17.5 Å². The Bertz CT molecular complexity index is 1210. The molecule has 0 saturated heterocycles. The molecule has 4 aromatic rings. The van der Waals surface area contributed by atoms with Crippen molar-refractivity contribution in [2.24, 2.45) is 0 Å². The summed E-state index contributed by atoms with van der Waals surface area (Å²) in [7, 11) is 0. The van der Waals surface area contributed by atoms with Crippen LogP contribution in [0.5, 0.6) is 11.5 Å². The summed E-state index contributed by atoms with van der Waals surface area (Å²) in [5.74, 6) is -4.17. The summed E-state index contributed by atoms with van der Waals surface area (Å²) >= 11 is 0. The van der Waals surface area contributed by atoms with Crippen LogP contribution in [0.15, 0.2) is 54.7 Å². The molecule has 0 aliphatic carbocycles. The molecule has 28 heavy (non-hydrogen) atoms. The van der Waals surface area contributed by atoms with Gasteiger partial charge in [0, 0.05) is 41.7 Å². The molecule has 5 nitrogen and oxygen atoms in total. The number of nitrogens with one attached hydrogen (secondary N) is 2. The molecule has 2 aromatic carbocycles. The Balaban J connectivity index is 1.65. The van der Waals surface area contributed by atoms with E-state index in [1.54, 1.807) is 0 Å². The molecule has 4 rings (SSSR count). The van der Waals surface area contributed by atoms with Crippen LogP contribution in [0.1, 0.15) is 5.69 Å². The second-order valence-electron chi connectivity index (χ2n) is 5.89. The molecule has 2 aromatic heterocycles. The van der Waals surface area contributed by atoms with E-state index in [1.165, 1.54) is 12.1 Å². The van der Waals surface area contributed by atoms with Gasteiger partial charge in [-0.3, -0.25) is 0 Å². The normalized spacial score (nSPS) is 10.6. The Hall–Kier alpha value is -3.99. The summed E-state index contributed by atoms with van der Waals surface area (Å²) in [6, 6.07) is 13.6. The molecule has 0 unspecified atom stereocenters. The van der Waals surface area contributed by atoms with Gasteiger partial charge in [-0.1, -0.05) is 6.07 Å². The standard InChI is InChI=1S/C20H11F3N4O/c21-16-7-15(8-17(22)20(16)23)28-14-5-13(10-24)27-19(9-14)26-12-2-1-11-3-4-25-18(11)6-12/h1-9,25H,(H,26,27). The van der Waals surface area contributed by atoms with Crippen LogP contribution in [0.2, 0.25) is 0 Å². The number of H-pyrrole nitrogens is 1. The van der Waals surface area contributed by atoms with Crippen molar-refractivity contribution in [1.29, 1.82) is 5.26 Å². The Morgan fingerprint density at radius 3 is 2.46 bits per heavy atom. The fourth-order valence-electron chi connectivity index (χ4n) is 2.69. The number of ether oxygens (including phenoxy) is 1. The summed E-state index contributed by atoms with van der Waals surface area (Å²) in [6.45, 7) is 0. The third kappa shape index (κ3) is 3.46. The zero-order valence-electron chi connectivity index (χ0n) is 14.1. The average molecular weight is 380 g/mol. The van der Waals surface area contributed by atoms with Crippen molar-refractivity contribution < 1.29 is 17.9 Å². The van der Waals surface area contributed by atoms with E-state index in [-0.39, 0.29) is 17.2 Å². The monoisotopic (exact) mass is 380 g/mol. The van der Waals surface area contributed by atoms with E-state index in [4.69, 9.17) is 4.74 Å². The molecule has 0 bridgehead atoms. The molecule has 2 N–H and O–H groups in total. The number of benzene rings is 2. The minimum atomic E-state index is -1.58. The van der Waals surface area contributed by atoms with E-state index in [0.29, 0.717) is 11.5 Å². The highest BCUT2D eigenvalue weighted by molar-refractivity contribution is 5.83. The fourth-order valence-corrected chi connectivity index (χ4v) is 2.69. The van der Waals surface area contributed by atoms with Gasteiger partial charge in [-0.15, -0.1) is 0 Å². The molecule has 0 aliphatic rings. The molecular formula is C20H11F3N4O. The lowest BCUT2D eigenvalue weighted by Gasteiger charge is -2.10. The van der Waals surface area contributed by atoms with Gasteiger partial charge >= 0.3 is 0 Å². The number of aromatic amines is 1.